The Labute approximate surface area is 103 Å². The standard InChI is InChI=1S/C13H23NO3/c14-9-11-6-7-13(17-11)12(15)5-1-3-10-4-2-8-16-10/h10-11,13H,1-9,14H2. The molecule has 0 radical (unpaired) electrons. The SMILES string of the molecule is NCC1CCC(C(=O)CCCC2CCCO2)O1. The number of ether oxygens (including phenoxy) is 2. The van der Waals surface area contributed by atoms with Crippen LogP contribution in [0.3, 0.4) is 0 Å². The fourth-order valence-corrected chi connectivity index (χ4v) is 2.65. The Morgan fingerprint density at radius 1 is 1.24 bits per heavy atom. The van der Waals surface area contributed by atoms with Crippen molar-refractivity contribution in [3.05, 3.63) is 0 Å². The molecule has 0 spiro atoms. The highest BCUT2D eigenvalue weighted by molar-refractivity contribution is 5.83. The second-order valence-electron chi connectivity index (χ2n) is 5.05. The van der Waals surface area contributed by atoms with Gasteiger partial charge in [-0.25, -0.2) is 0 Å². The molecule has 2 aliphatic heterocycles. The van der Waals surface area contributed by atoms with Gasteiger partial charge in [0, 0.05) is 19.6 Å². The van der Waals surface area contributed by atoms with E-state index in [1.54, 1.807) is 0 Å². The van der Waals surface area contributed by atoms with Crippen LogP contribution >= 0.6 is 0 Å². The van der Waals surface area contributed by atoms with E-state index >= 15 is 0 Å². The molecule has 0 aromatic heterocycles. The second-order valence-corrected chi connectivity index (χ2v) is 5.05. The minimum atomic E-state index is -0.187. The quantitative estimate of drug-likeness (QED) is 0.763. The largest absolute Gasteiger partial charge is 0.378 e. The van der Waals surface area contributed by atoms with Crippen molar-refractivity contribution in [2.45, 2.75) is 63.3 Å². The summed E-state index contributed by atoms with van der Waals surface area (Å²) < 4.78 is 11.1. The first-order valence-corrected chi connectivity index (χ1v) is 6.79. The van der Waals surface area contributed by atoms with Crippen molar-refractivity contribution in [2.75, 3.05) is 13.2 Å². The fraction of sp³-hybridized carbons (Fsp3) is 0.923. The molecule has 0 amide bonds. The number of carbonyl (C=O) groups excluding carboxylic acids is 1. The molecule has 17 heavy (non-hydrogen) atoms. The Balaban J connectivity index is 1.60. The molecule has 2 fully saturated rings. The first kappa shape index (κ1) is 13.0. The predicted molar refractivity (Wildman–Crippen MR) is 64.8 cm³/mol. The lowest BCUT2D eigenvalue weighted by molar-refractivity contribution is -0.129. The molecule has 2 aliphatic rings. The minimum absolute atomic E-state index is 0.0992. The van der Waals surface area contributed by atoms with Gasteiger partial charge in [-0.1, -0.05) is 0 Å². The number of nitrogens with two attached hydrogens (primary N) is 1. The number of ketones is 1. The molecule has 0 aromatic rings. The third-order valence-electron chi connectivity index (χ3n) is 3.70. The van der Waals surface area contributed by atoms with Gasteiger partial charge in [-0.05, 0) is 38.5 Å². The van der Waals surface area contributed by atoms with Gasteiger partial charge in [-0.3, -0.25) is 4.79 Å². The van der Waals surface area contributed by atoms with Crippen LogP contribution in [0.1, 0.15) is 44.9 Å². The molecule has 4 heteroatoms. The third kappa shape index (κ3) is 3.76. The highest BCUT2D eigenvalue weighted by atomic mass is 16.5. The van der Waals surface area contributed by atoms with Crippen molar-refractivity contribution < 1.29 is 14.3 Å². The highest BCUT2D eigenvalue weighted by Gasteiger charge is 2.29. The van der Waals surface area contributed by atoms with E-state index in [0.29, 0.717) is 19.1 Å². The summed E-state index contributed by atoms with van der Waals surface area (Å²) in [6, 6.07) is 0. The summed E-state index contributed by atoms with van der Waals surface area (Å²) in [7, 11) is 0. The smallest absolute Gasteiger partial charge is 0.161 e. The Morgan fingerprint density at radius 2 is 2.12 bits per heavy atom. The van der Waals surface area contributed by atoms with Crippen molar-refractivity contribution in [1.82, 2.24) is 0 Å². The van der Waals surface area contributed by atoms with Crippen LogP contribution in [-0.4, -0.2) is 37.2 Å². The van der Waals surface area contributed by atoms with Gasteiger partial charge in [0.15, 0.2) is 5.78 Å². The summed E-state index contributed by atoms with van der Waals surface area (Å²) >= 11 is 0. The zero-order chi connectivity index (χ0) is 12.1. The molecule has 3 atom stereocenters. The average molecular weight is 241 g/mol. The van der Waals surface area contributed by atoms with E-state index in [1.807, 2.05) is 0 Å². The van der Waals surface area contributed by atoms with Gasteiger partial charge in [0.25, 0.3) is 0 Å². The van der Waals surface area contributed by atoms with Gasteiger partial charge in [-0.15, -0.1) is 0 Å². The fourth-order valence-electron chi connectivity index (χ4n) is 2.65. The molecule has 0 aliphatic carbocycles. The number of carbonyl (C=O) groups is 1. The summed E-state index contributed by atoms with van der Waals surface area (Å²) in [5.74, 6) is 0.249. The molecule has 4 nitrogen and oxygen atoms in total. The number of hydrogen-bond acceptors (Lipinski definition) is 4. The van der Waals surface area contributed by atoms with Crippen LogP contribution in [0, 0.1) is 0 Å². The van der Waals surface area contributed by atoms with E-state index in [9.17, 15) is 4.79 Å². The summed E-state index contributed by atoms with van der Waals surface area (Å²) in [5.41, 5.74) is 5.53. The lowest BCUT2D eigenvalue weighted by atomic mass is 10.0. The molecule has 2 rings (SSSR count). The molecule has 2 saturated heterocycles. The number of hydrogen-bond donors (Lipinski definition) is 1. The maximum Gasteiger partial charge on any atom is 0.161 e. The molecule has 98 valence electrons. The van der Waals surface area contributed by atoms with Crippen molar-refractivity contribution in [1.29, 1.82) is 0 Å². The van der Waals surface area contributed by atoms with Crippen molar-refractivity contribution >= 4 is 5.78 Å². The lowest BCUT2D eigenvalue weighted by Gasteiger charge is -2.12. The van der Waals surface area contributed by atoms with Gasteiger partial charge in [0.2, 0.25) is 0 Å². The normalized spacial score (nSPS) is 33.1. The summed E-state index contributed by atoms with van der Waals surface area (Å²) in [4.78, 5) is 11.9. The van der Waals surface area contributed by atoms with Gasteiger partial charge < -0.3 is 15.2 Å². The molecule has 0 aromatic carbocycles. The summed E-state index contributed by atoms with van der Waals surface area (Å²) in [6.07, 6.45) is 6.97. The Morgan fingerprint density at radius 3 is 2.76 bits per heavy atom. The van der Waals surface area contributed by atoms with Gasteiger partial charge in [-0.2, -0.15) is 0 Å². The number of Topliss-reactive ketones (excluding diaryl/α,β-unsaturated/α-hetero) is 1. The molecule has 2 heterocycles. The van der Waals surface area contributed by atoms with Crippen LogP contribution in [0.4, 0.5) is 0 Å². The van der Waals surface area contributed by atoms with Gasteiger partial charge >= 0.3 is 0 Å². The zero-order valence-electron chi connectivity index (χ0n) is 10.4. The van der Waals surface area contributed by atoms with E-state index in [2.05, 4.69) is 0 Å². The topological polar surface area (TPSA) is 61.6 Å². The first-order valence-electron chi connectivity index (χ1n) is 6.79. The van der Waals surface area contributed by atoms with E-state index in [1.165, 1.54) is 6.42 Å². The number of rotatable bonds is 6. The Hall–Kier alpha value is -0.450. The van der Waals surface area contributed by atoms with Crippen LogP contribution in [0.15, 0.2) is 0 Å². The molecular formula is C13H23NO3. The molecule has 3 unspecified atom stereocenters. The third-order valence-corrected chi connectivity index (χ3v) is 3.70. The average Bonchev–Trinajstić information content (AvgIpc) is 2.99. The van der Waals surface area contributed by atoms with E-state index in [0.717, 1.165) is 38.7 Å². The van der Waals surface area contributed by atoms with Crippen molar-refractivity contribution in [2.24, 2.45) is 5.73 Å². The monoisotopic (exact) mass is 241 g/mol. The second kappa shape index (κ2) is 6.47. The zero-order valence-corrected chi connectivity index (χ0v) is 10.4. The maximum atomic E-state index is 11.9. The first-order chi connectivity index (χ1) is 8.29. The molecule has 2 N–H and O–H groups in total. The van der Waals surface area contributed by atoms with Crippen LogP contribution in [0.25, 0.3) is 0 Å². The van der Waals surface area contributed by atoms with E-state index < -0.39 is 0 Å². The minimum Gasteiger partial charge on any atom is -0.378 e. The highest BCUT2D eigenvalue weighted by Crippen LogP contribution is 2.22. The molecule has 0 bridgehead atoms. The summed E-state index contributed by atoms with van der Waals surface area (Å²) in [6.45, 7) is 1.42. The summed E-state index contributed by atoms with van der Waals surface area (Å²) in [5, 5.41) is 0. The van der Waals surface area contributed by atoms with Crippen LogP contribution < -0.4 is 5.73 Å². The van der Waals surface area contributed by atoms with Crippen LogP contribution in [0.2, 0.25) is 0 Å². The van der Waals surface area contributed by atoms with Crippen LogP contribution in [0.5, 0.6) is 0 Å². The maximum absolute atomic E-state index is 11.9. The van der Waals surface area contributed by atoms with Gasteiger partial charge in [0.05, 0.1) is 12.2 Å². The van der Waals surface area contributed by atoms with Crippen molar-refractivity contribution in [3.63, 3.8) is 0 Å². The van der Waals surface area contributed by atoms with E-state index in [4.69, 9.17) is 15.2 Å². The Bertz CT molecular complexity index is 251. The predicted octanol–water partition coefficient (Wildman–Crippen LogP) is 1.41. The molecular weight excluding hydrogens is 218 g/mol. The molecule has 0 saturated carbocycles. The Kier molecular flexibility index (Phi) is 4.95. The van der Waals surface area contributed by atoms with Crippen LogP contribution in [-0.2, 0) is 14.3 Å². The lowest BCUT2D eigenvalue weighted by Crippen LogP contribution is -2.25. The van der Waals surface area contributed by atoms with Crippen molar-refractivity contribution in [3.8, 4) is 0 Å². The van der Waals surface area contributed by atoms with Gasteiger partial charge in [0.1, 0.15) is 6.10 Å². The van der Waals surface area contributed by atoms with E-state index in [-0.39, 0.29) is 18.0 Å².